The van der Waals surface area contributed by atoms with Crippen molar-refractivity contribution in [1.82, 2.24) is 4.90 Å². The Morgan fingerprint density at radius 1 is 0.618 bits per heavy atom. The minimum Gasteiger partial charge on any atom is -1.00 e. The van der Waals surface area contributed by atoms with Crippen molar-refractivity contribution in [1.29, 1.82) is 0 Å². The fraction of sp³-hybridized carbons (Fsp3) is 0.138. The van der Waals surface area contributed by atoms with Crippen molar-refractivity contribution < 1.29 is 25.8 Å². The molecular formula is C29H25ClF2N2. The van der Waals surface area contributed by atoms with Crippen LogP contribution in [0.3, 0.4) is 0 Å². The van der Waals surface area contributed by atoms with Gasteiger partial charge in [-0.3, -0.25) is 9.48 Å². The predicted molar refractivity (Wildman–Crippen MR) is 127 cm³/mol. The molecule has 5 heteroatoms. The molecule has 0 N–H and O–H groups in total. The molecule has 0 fully saturated rings. The normalized spacial score (nSPS) is 17.2. The highest BCUT2D eigenvalue weighted by Crippen LogP contribution is 2.41. The first-order chi connectivity index (χ1) is 16.2. The second kappa shape index (κ2) is 10.6. The van der Waals surface area contributed by atoms with Crippen molar-refractivity contribution in [3.05, 3.63) is 143 Å². The average Bonchev–Trinajstić information content (AvgIpc) is 3.20. The van der Waals surface area contributed by atoms with Gasteiger partial charge in [0.1, 0.15) is 24.7 Å². The first-order valence-corrected chi connectivity index (χ1v) is 11.1. The van der Waals surface area contributed by atoms with E-state index in [1.807, 2.05) is 67.0 Å². The Hall–Kier alpha value is -3.50. The lowest BCUT2D eigenvalue weighted by atomic mass is 9.92. The van der Waals surface area contributed by atoms with E-state index in [1.54, 1.807) is 12.1 Å². The molecule has 172 valence electrons. The van der Waals surface area contributed by atoms with Crippen molar-refractivity contribution in [3.63, 3.8) is 0 Å². The zero-order valence-corrected chi connectivity index (χ0v) is 19.3. The number of hydrogen-bond acceptors (Lipinski definition) is 1. The maximum Gasteiger partial charge on any atom is 0.236 e. The average molecular weight is 475 g/mol. The Morgan fingerprint density at radius 2 is 1.12 bits per heavy atom. The number of nitrogens with zero attached hydrogens (tertiary/aromatic N) is 2. The molecule has 0 saturated heterocycles. The Labute approximate surface area is 205 Å². The van der Waals surface area contributed by atoms with E-state index in [2.05, 4.69) is 33.7 Å². The van der Waals surface area contributed by atoms with Gasteiger partial charge in [-0.05, 0) is 12.1 Å². The van der Waals surface area contributed by atoms with Gasteiger partial charge in [-0.2, -0.15) is 0 Å². The van der Waals surface area contributed by atoms with E-state index in [9.17, 15) is 8.78 Å². The van der Waals surface area contributed by atoms with Crippen LogP contribution in [-0.4, -0.2) is 15.8 Å². The summed E-state index contributed by atoms with van der Waals surface area (Å²) in [5.74, 6) is -0.442. The predicted octanol–water partition coefficient (Wildman–Crippen LogP) is 3.51. The SMILES string of the molecule is Fc1ccccc1CN1C=[N+](Cc2ccccc2F)C(c2ccccc2)C1c1ccccc1.[Cl-]. The van der Waals surface area contributed by atoms with Crippen LogP contribution in [-0.2, 0) is 13.1 Å². The van der Waals surface area contributed by atoms with Crippen LogP contribution in [0.5, 0.6) is 0 Å². The van der Waals surface area contributed by atoms with Crippen molar-refractivity contribution in [2.45, 2.75) is 25.2 Å². The molecule has 4 aromatic rings. The summed E-state index contributed by atoms with van der Waals surface area (Å²) in [7, 11) is 0. The van der Waals surface area contributed by atoms with Crippen molar-refractivity contribution >= 4 is 6.34 Å². The zero-order chi connectivity index (χ0) is 22.6. The van der Waals surface area contributed by atoms with Crippen LogP contribution in [0.2, 0.25) is 0 Å². The maximum absolute atomic E-state index is 14.6. The number of halogens is 3. The van der Waals surface area contributed by atoms with Gasteiger partial charge in [-0.15, -0.1) is 0 Å². The summed E-state index contributed by atoms with van der Waals surface area (Å²) in [6, 6.07) is 34.2. The topological polar surface area (TPSA) is 6.25 Å². The molecule has 0 aliphatic carbocycles. The van der Waals surface area contributed by atoms with Gasteiger partial charge in [0.25, 0.3) is 0 Å². The minimum absolute atomic E-state index is 0. The molecule has 34 heavy (non-hydrogen) atoms. The Kier molecular flexibility index (Phi) is 7.39. The van der Waals surface area contributed by atoms with Gasteiger partial charge in [0.15, 0.2) is 12.1 Å². The summed E-state index contributed by atoms with van der Waals surface area (Å²) >= 11 is 0. The van der Waals surface area contributed by atoms with E-state index in [1.165, 1.54) is 12.1 Å². The smallest absolute Gasteiger partial charge is 0.236 e. The molecule has 0 saturated carbocycles. The summed E-state index contributed by atoms with van der Waals surface area (Å²) in [6.07, 6.45) is 2.04. The monoisotopic (exact) mass is 474 g/mol. The molecule has 2 unspecified atom stereocenters. The second-order valence-corrected chi connectivity index (χ2v) is 8.35. The summed E-state index contributed by atoms with van der Waals surface area (Å²) in [5, 5.41) is 0. The largest absolute Gasteiger partial charge is 1.00 e. The highest BCUT2D eigenvalue weighted by atomic mass is 35.5. The van der Waals surface area contributed by atoms with Crippen LogP contribution < -0.4 is 12.4 Å². The fourth-order valence-electron chi connectivity index (χ4n) is 4.67. The lowest BCUT2D eigenvalue weighted by molar-refractivity contribution is -0.579. The first kappa shape index (κ1) is 23.7. The van der Waals surface area contributed by atoms with Crippen LogP contribution in [0, 0.1) is 11.6 Å². The first-order valence-electron chi connectivity index (χ1n) is 11.1. The van der Waals surface area contributed by atoms with Crippen LogP contribution in [0.4, 0.5) is 8.78 Å². The molecule has 0 bridgehead atoms. The standard InChI is InChI=1S/C29H25F2N2.ClH/c30-26-17-9-7-15-24(26)19-32-21-33(20-25-16-8-10-18-27(25)31)29(23-13-5-2-6-14-23)28(32)22-11-3-1-4-12-22;/h1-18,21,28-29H,19-20H2;1H/q+1;/p-1. The zero-order valence-electron chi connectivity index (χ0n) is 18.6. The van der Waals surface area contributed by atoms with E-state index in [-0.39, 0.29) is 36.1 Å². The molecule has 4 aromatic carbocycles. The van der Waals surface area contributed by atoms with Gasteiger partial charge in [-0.1, -0.05) is 97.1 Å². The van der Waals surface area contributed by atoms with Crippen LogP contribution in [0.1, 0.15) is 34.3 Å². The van der Waals surface area contributed by atoms with Gasteiger partial charge >= 0.3 is 0 Å². The third kappa shape index (κ3) is 4.87. The highest BCUT2D eigenvalue weighted by Gasteiger charge is 2.44. The lowest BCUT2D eigenvalue weighted by Crippen LogP contribution is -3.00. The van der Waals surface area contributed by atoms with Crippen molar-refractivity contribution in [3.8, 4) is 0 Å². The third-order valence-electron chi connectivity index (χ3n) is 6.21. The van der Waals surface area contributed by atoms with Gasteiger partial charge in [0.2, 0.25) is 6.34 Å². The maximum atomic E-state index is 14.6. The van der Waals surface area contributed by atoms with Crippen LogP contribution in [0.15, 0.2) is 109 Å². The van der Waals surface area contributed by atoms with Gasteiger partial charge in [0, 0.05) is 22.3 Å². The summed E-state index contributed by atoms with van der Waals surface area (Å²) in [4.78, 5) is 2.17. The third-order valence-corrected chi connectivity index (χ3v) is 6.21. The lowest BCUT2D eigenvalue weighted by Gasteiger charge is -2.24. The summed E-state index contributed by atoms with van der Waals surface area (Å²) in [6.45, 7) is 0.840. The van der Waals surface area contributed by atoms with Gasteiger partial charge in [0.05, 0.1) is 0 Å². The van der Waals surface area contributed by atoms with E-state index in [4.69, 9.17) is 0 Å². The summed E-state index contributed by atoms with van der Waals surface area (Å²) in [5.41, 5.74) is 3.54. The van der Waals surface area contributed by atoms with Gasteiger partial charge in [-0.25, -0.2) is 8.78 Å². The fourth-order valence-corrected chi connectivity index (χ4v) is 4.67. The molecule has 0 spiro atoms. The Bertz CT molecular complexity index is 1260. The van der Waals surface area contributed by atoms with Gasteiger partial charge < -0.3 is 12.4 Å². The van der Waals surface area contributed by atoms with Crippen molar-refractivity contribution in [2.75, 3.05) is 0 Å². The van der Waals surface area contributed by atoms with E-state index in [0.717, 1.165) is 11.1 Å². The van der Waals surface area contributed by atoms with Crippen LogP contribution >= 0.6 is 0 Å². The second-order valence-electron chi connectivity index (χ2n) is 8.35. The highest BCUT2D eigenvalue weighted by molar-refractivity contribution is 5.55. The number of hydrogen-bond donors (Lipinski definition) is 0. The molecule has 1 aliphatic rings. The quantitative estimate of drug-likeness (QED) is 0.388. The number of benzene rings is 4. The minimum atomic E-state index is -0.221. The molecule has 2 nitrogen and oxygen atoms in total. The van der Waals surface area contributed by atoms with E-state index < -0.39 is 0 Å². The molecule has 0 aromatic heterocycles. The molecular weight excluding hydrogens is 450 g/mol. The molecule has 1 aliphatic heterocycles. The molecule has 2 atom stereocenters. The number of rotatable bonds is 6. The molecule has 1 heterocycles. The molecule has 0 amide bonds. The molecule has 0 radical (unpaired) electrons. The Morgan fingerprint density at radius 3 is 1.71 bits per heavy atom. The Balaban J connectivity index is 0.00000274. The van der Waals surface area contributed by atoms with Crippen LogP contribution in [0.25, 0.3) is 0 Å². The van der Waals surface area contributed by atoms with E-state index >= 15 is 0 Å². The van der Waals surface area contributed by atoms with Crippen molar-refractivity contribution in [2.24, 2.45) is 0 Å². The summed E-state index contributed by atoms with van der Waals surface area (Å²) < 4.78 is 31.3. The molecule has 5 rings (SSSR count). The van der Waals surface area contributed by atoms with E-state index in [0.29, 0.717) is 24.2 Å².